The van der Waals surface area contributed by atoms with E-state index in [4.69, 9.17) is 23.2 Å². The number of benzene rings is 1. The molecule has 0 unspecified atom stereocenters. The lowest BCUT2D eigenvalue weighted by Crippen LogP contribution is -2.41. The van der Waals surface area contributed by atoms with Crippen molar-refractivity contribution < 1.29 is 4.79 Å². The minimum Gasteiger partial charge on any atom is -0.335 e. The summed E-state index contributed by atoms with van der Waals surface area (Å²) >= 11 is 15.3. The summed E-state index contributed by atoms with van der Waals surface area (Å²) in [6.07, 6.45) is 1.88. The Hall–Kier alpha value is -0.250. The molecule has 1 aromatic carbocycles. The number of carbonyl (C=O) groups excluding carboxylic acids is 1. The van der Waals surface area contributed by atoms with Crippen LogP contribution < -0.4 is 0 Å². The van der Waals surface area contributed by atoms with Gasteiger partial charge in [-0.2, -0.15) is 0 Å². The molecule has 0 fully saturated rings. The van der Waals surface area contributed by atoms with E-state index in [9.17, 15) is 4.79 Å². The molecule has 1 aromatic rings. The first kappa shape index (κ1) is 16.8. The Labute approximate surface area is 133 Å². The summed E-state index contributed by atoms with van der Waals surface area (Å²) < 4.78 is 0. The number of halogens is 3. The van der Waals surface area contributed by atoms with Crippen molar-refractivity contribution in [1.82, 2.24) is 4.90 Å². The number of alkyl halides is 1. The predicted octanol–water partition coefficient (Wildman–Crippen LogP) is 5.02. The first-order valence-corrected chi connectivity index (χ1v) is 8.24. The Morgan fingerprint density at radius 1 is 1.26 bits per heavy atom. The van der Waals surface area contributed by atoms with Crippen molar-refractivity contribution >= 4 is 45.0 Å². The monoisotopic (exact) mass is 365 g/mol. The summed E-state index contributed by atoms with van der Waals surface area (Å²) in [4.78, 5) is 14.5. The summed E-state index contributed by atoms with van der Waals surface area (Å²) in [5.74, 6) is 0.00622. The van der Waals surface area contributed by atoms with Gasteiger partial charge in [-0.3, -0.25) is 4.79 Å². The molecule has 0 saturated carbocycles. The highest BCUT2D eigenvalue weighted by Crippen LogP contribution is 2.24. The second-order valence-electron chi connectivity index (χ2n) is 4.29. The van der Waals surface area contributed by atoms with E-state index >= 15 is 0 Å². The average Bonchev–Trinajstić information content (AvgIpc) is 2.41. The standard InChI is InChI=1S/C14H18BrCl2NO/c1-3-11(4-2)18(8-7-15)14(19)10-5-6-12(16)13(17)9-10/h5-6,9,11H,3-4,7-8H2,1-2H3. The number of hydrogen-bond acceptors (Lipinski definition) is 1. The summed E-state index contributed by atoms with van der Waals surface area (Å²) in [6, 6.07) is 5.27. The largest absolute Gasteiger partial charge is 0.335 e. The molecule has 0 atom stereocenters. The van der Waals surface area contributed by atoms with E-state index in [1.807, 2.05) is 4.90 Å². The summed E-state index contributed by atoms with van der Waals surface area (Å²) in [6.45, 7) is 4.88. The number of amides is 1. The number of nitrogens with zero attached hydrogens (tertiary/aromatic N) is 1. The van der Waals surface area contributed by atoms with Crippen molar-refractivity contribution in [2.45, 2.75) is 32.7 Å². The van der Waals surface area contributed by atoms with Crippen LogP contribution in [0.15, 0.2) is 18.2 Å². The van der Waals surface area contributed by atoms with Gasteiger partial charge < -0.3 is 4.90 Å². The Morgan fingerprint density at radius 2 is 1.89 bits per heavy atom. The van der Waals surface area contributed by atoms with Crippen LogP contribution in [0.25, 0.3) is 0 Å². The minimum atomic E-state index is 0.00622. The maximum atomic E-state index is 12.6. The summed E-state index contributed by atoms with van der Waals surface area (Å²) in [5.41, 5.74) is 0.585. The molecule has 2 nitrogen and oxygen atoms in total. The fourth-order valence-corrected chi connectivity index (χ4v) is 2.75. The molecule has 0 aliphatic heterocycles. The highest BCUT2D eigenvalue weighted by Gasteiger charge is 2.22. The average molecular weight is 367 g/mol. The van der Waals surface area contributed by atoms with Crippen LogP contribution in [-0.4, -0.2) is 28.7 Å². The first-order valence-electron chi connectivity index (χ1n) is 6.37. The minimum absolute atomic E-state index is 0.00622. The number of carbonyl (C=O) groups is 1. The van der Waals surface area contributed by atoms with Gasteiger partial charge in [-0.15, -0.1) is 0 Å². The zero-order valence-corrected chi connectivity index (χ0v) is 14.2. The second-order valence-corrected chi connectivity index (χ2v) is 5.89. The van der Waals surface area contributed by atoms with Crippen LogP contribution in [0.4, 0.5) is 0 Å². The third-order valence-corrected chi connectivity index (χ3v) is 4.23. The smallest absolute Gasteiger partial charge is 0.254 e. The van der Waals surface area contributed by atoms with E-state index in [1.165, 1.54) is 0 Å². The van der Waals surface area contributed by atoms with Gasteiger partial charge in [-0.25, -0.2) is 0 Å². The molecule has 0 radical (unpaired) electrons. The van der Waals surface area contributed by atoms with E-state index in [-0.39, 0.29) is 11.9 Å². The zero-order valence-electron chi connectivity index (χ0n) is 11.1. The van der Waals surface area contributed by atoms with Crippen molar-refractivity contribution in [3.05, 3.63) is 33.8 Å². The van der Waals surface area contributed by atoms with Gasteiger partial charge in [0.1, 0.15) is 0 Å². The van der Waals surface area contributed by atoms with Gasteiger partial charge in [-0.1, -0.05) is 53.0 Å². The van der Waals surface area contributed by atoms with Crippen molar-refractivity contribution in [2.24, 2.45) is 0 Å². The van der Waals surface area contributed by atoms with Crippen LogP contribution in [0.1, 0.15) is 37.0 Å². The van der Waals surface area contributed by atoms with Crippen LogP contribution in [0.2, 0.25) is 10.0 Å². The predicted molar refractivity (Wildman–Crippen MR) is 85.7 cm³/mol. The van der Waals surface area contributed by atoms with Gasteiger partial charge >= 0.3 is 0 Å². The molecule has 0 heterocycles. The molecule has 5 heteroatoms. The quantitative estimate of drug-likeness (QED) is 0.647. The Bertz CT molecular complexity index is 435. The fraction of sp³-hybridized carbons (Fsp3) is 0.500. The second kappa shape index (κ2) is 8.13. The molecule has 0 aliphatic carbocycles. The van der Waals surface area contributed by atoms with E-state index in [0.717, 1.165) is 18.2 Å². The van der Waals surface area contributed by atoms with Gasteiger partial charge in [0.2, 0.25) is 0 Å². The highest BCUT2D eigenvalue weighted by atomic mass is 79.9. The van der Waals surface area contributed by atoms with E-state index in [2.05, 4.69) is 29.8 Å². The molecule has 0 N–H and O–H groups in total. The molecular weight excluding hydrogens is 349 g/mol. The van der Waals surface area contributed by atoms with E-state index < -0.39 is 0 Å². The Kier molecular flexibility index (Phi) is 7.19. The molecular formula is C14H18BrCl2NO. The molecule has 19 heavy (non-hydrogen) atoms. The normalized spacial score (nSPS) is 10.8. The SMILES string of the molecule is CCC(CC)N(CCBr)C(=O)c1ccc(Cl)c(Cl)c1. The van der Waals surface area contributed by atoms with Crippen LogP contribution in [0, 0.1) is 0 Å². The molecule has 1 amide bonds. The first-order chi connectivity index (χ1) is 9.04. The third kappa shape index (κ3) is 4.37. The Balaban J connectivity index is 3.01. The number of rotatable bonds is 6. The van der Waals surface area contributed by atoms with E-state index in [0.29, 0.717) is 22.2 Å². The van der Waals surface area contributed by atoms with Crippen molar-refractivity contribution in [3.63, 3.8) is 0 Å². The van der Waals surface area contributed by atoms with E-state index in [1.54, 1.807) is 18.2 Å². The molecule has 0 aromatic heterocycles. The van der Waals surface area contributed by atoms with Crippen LogP contribution >= 0.6 is 39.1 Å². The number of hydrogen-bond donors (Lipinski definition) is 0. The van der Waals surface area contributed by atoms with Gasteiger partial charge in [0.15, 0.2) is 0 Å². The third-order valence-electron chi connectivity index (χ3n) is 3.14. The lowest BCUT2D eigenvalue weighted by Gasteiger charge is -2.30. The van der Waals surface area contributed by atoms with Gasteiger partial charge in [0.25, 0.3) is 5.91 Å². The van der Waals surface area contributed by atoms with Gasteiger partial charge in [-0.05, 0) is 31.0 Å². The van der Waals surface area contributed by atoms with Crippen molar-refractivity contribution in [2.75, 3.05) is 11.9 Å². The summed E-state index contributed by atoms with van der Waals surface area (Å²) in [5, 5.41) is 1.64. The highest BCUT2D eigenvalue weighted by molar-refractivity contribution is 9.09. The van der Waals surface area contributed by atoms with Crippen LogP contribution in [0.3, 0.4) is 0 Å². The molecule has 106 valence electrons. The lowest BCUT2D eigenvalue weighted by atomic mass is 10.1. The van der Waals surface area contributed by atoms with Crippen LogP contribution in [-0.2, 0) is 0 Å². The van der Waals surface area contributed by atoms with Gasteiger partial charge in [0.05, 0.1) is 10.0 Å². The molecule has 0 spiro atoms. The van der Waals surface area contributed by atoms with Crippen LogP contribution in [0.5, 0.6) is 0 Å². The zero-order chi connectivity index (χ0) is 14.4. The maximum absolute atomic E-state index is 12.6. The lowest BCUT2D eigenvalue weighted by molar-refractivity contribution is 0.0683. The molecule has 0 aliphatic rings. The van der Waals surface area contributed by atoms with Crippen molar-refractivity contribution in [1.29, 1.82) is 0 Å². The molecule has 1 rings (SSSR count). The van der Waals surface area contributed by atoms with Crippen molar-refractivity contribution in [3.8, 4) is 0 Å². The summed E-state index contributed by atoms with van der Waals surface area (Å²) in [7, 11) is 0. The molecule has 0 saturated heterocycles. The fourth-order valence-electron chi connectivity index (χ4n) is 2.07. The topological polar surface area (TPSA) is 20.3 Å². The maximum Gasteiger partial charge on any atom is 0.254 e. The molecule has 0 bridgehead atoms. The van der Waals surface area contributed by atoms with Gasteiger partial charge in [0, 0.05) is 23.5 Å². The Morgan fingerprint density at radius 3 is 2.37 bits per heavy atom.